The fraction of sp³-hybridized carbons (Fsp3) is 0.400. The highest BCUT2D eigenvalue weighted by Gasteiger charge is 2.48. The van der Waals surface area contributed by atoms with Crippen molar-refractivity contribution in [1.29, 1.82) is 0 Å². The van der Waals surface area contributed by atoms with Crippen LogP contribution in [-0.2, 0) is 19.1 Å². The summed E-state index contributed by atoms with van der Waals surface area (Å²) in [6.07, 6.45) is 1.02. The summed E-state index contributed by atoms with van der Waals surface area (Å²) >= 11 is 1.03. The number of thioether (sulfide) groups is 1. The Morgan fingerprint density at radius 3 is 2.95 bits per heavy atom. The number of esters is 2. The third kappa shape index (κ3) is 2.69. The van der Waals surface area contributed by atoms with Gasteiger partial charge in [0.15, 0.2) is 0 Å². The maximum Gasteiger partial charge on any atom is 0.374 e. The molecule has 0 radical (unpaired) electrons. The number of carbonyl (C=O) groups excluding carboxylic acids is 2. The second-order valence-electron chi connectivity index (χ2n) is 3.82. The fourth-order valence-electron chi connectivity index (χ4n) is 1.51. The zero-order chi connectivity index (χ0) is 14.8. The van der Waals surface area contributed by atoms with E-state index in [0.717, 1.165) is 17.8 Å². The molecule has 0 saturated carbocycles. The Kier molecular flexibility index (Phi) is 3.84. The Labute approximate surface area is 117 Å². The molecule has 0 spiro atoms. The maximum absolute atomic E-state index is 11.9. The van der Waals surface area contributed by atoms with Gasteiger partial charge in [-0.15, -0.1) is 5.10 Å². The van der Waals surface area contributed by atoms with Crippen LogP contribution in [0.3, 0.4) is 0 Å². The Hall–Kier alpha value is -2.23. The molecule has 2 rings (SSSR count). The second kappa shape index (κ2) is 5.41. The van der Waals surface area contributed by atoms with Crippen LogP contribution in [0.1, 0.15) is 6.92 Å². The van der Waals surface area contributed by atoms with E-state index >= 15 is 0 Å². The molecular weight excluding hydrogens is 288 g/mol. The van der Waals surface area contributed by atoms with Gasteiger partial charge in [0.1, 0.15) is 0 Å². The summed E-state index contributed by atoms with van der Waals surface area (Å²) in [6.45, 7) is 1.74. The molecule has 1 aliphatic heterocycles. The first-order valence-corrected chi connectivity index (χ1v) is 6.58. The van der Waals surface area contributed by atoms with Crippen molar-refractivity contribution in [3.63, 3.8) is 0 Å². The largest absolute Gasteiger partial charge is 0.502 e. The average Bonchev–Trinajstić information content (AvgIpc) is 2.93. The van der Waals surface area contributed by atoms with Crippen LogP contribution in [0.5, 0.6) is 0 Å². The van der Waals surface area contributed by atoms with Crippen LogP contribution < -0.4 is 5.73 Å². The molecule has 20 heavy (non-hydrogen) atoms. The number of carbonyl (C=O) groups is 2. The molecule has 0 bridgehead atoms. The first-order valence-electron chi connectivity index (χ1n) is 5.60. The second-order valence-corrected chi connectivity index (χ2v) is 4.76. The SMILES string of the molecule is CCOC(=O)C1(CSc2n[nH]c(N)n2)C=C(O)C(=O)O1. The minimum Gasteiger partial charge on any atom is -0.502 e. The van der Waals surface area contributed by atoms with Gasteiger partial charge in [0, 0.05) is 6.08 Å². The maximum atomic E-state index is 11.9. The van der Waals surface area contributed by atoms with E-state index in [1.165, 1.54) is 0 Å². The van der Waals surface area contributed by atoms with Crippen LogP contribution in [0.2, 0.25) is 0 Å². The Bertz CT molecular complexity index is 572. The molecule has 9 nitrogen and oxygen atoms in total. The zero-order valence-corrected chi connectivity index (χ0v) is 11.3. The molecule has 1 aromatic rings. The lowest BCUT2D eigenvalue weighted by Crippen LogP contribution is -2.42. The van der Waals surface area contributed by atoms with E-state index in [-0.39, 0.29) is 23.5 Å². The summed E-state index contributed by atoms with van der Waals surface area (Å²) in [5.74, 6) is -2.30. The van der Waals surface area contributed by atoms with Gasteiger partial charge in [0.2, 0.25) is 22.5 Å². The van der Waals surface area contributed by atoms with Crippen molar-refractivity contribution in [1.82, 2.24) is 15.2 Å². The van der Waals surface area contributed by atoms with E-state index in [0.29, 0.717) is 0 Å². The Balaban J connectivity index is 2.16. The molecule has 2 heterocycles. The summed E-state index contributed by atoms with van der Waals surface area (Å²) in [5.41, 5.74) is 3.69. The van der Waals surface area contributed by atoms with Gasteiger partial charge in [-0.3, -0.25) is 0 Å². The minimum absolute atomic E-state index is 0.0427. The smallest absolute Gasteiger partial charge is 0.374 e. The monoisotopic (exact) mass is 300 g/mol. The number of cyclic esters (lactones) is 1. The van der Waals surface area contributed by atoms with Gasteiger partial charge in [0.05, 0.1) is 12.4 Å². The molecule has 0 aliphatic carbocycles. The topological polar surface area (TPSA) is 140 Å². The van der Waals surface area contributed by atoms with Crippen molar-refractivity contribution in [3.05, 3.63) is 11.8 Å². The lowest BCUT2D eigenvalue weighted by molar-refractivity contribution is -0.169. The van der Waals surface area contributed by atoms with E-state index in [2.05, 4.69) is 15.2 Å². The molecule has 1 aliphatic rings. The Morgan fingerprint density at radius 2 is 2.45 bits per heavy atom. The van der Waals surface area contributed by atoms with Gasteiger partial charge < -0.3 is 20.3 Å². The standard InChI is InChI=1S/C10H12N4O5S/c1-2-18-7(17)10(3-5(15)6(16)19-10)4-20-9-12-8(11)13-14-9/h3,15H,2,4H2,1H3,(H3,11,12,13,14). The molecule has 0 amide bonds. The summed E-state index contributed by atoms with van der Waals surface area (Å²) in [4.78, 5) is 27.1. The predicted molar refractivity (Wildman–Crippen MR) is 67.7 cm³/mol. The molecule has 0 fully saturated rings. The van der Waals surface area contributed by atoms with Crippen LogP contribution in [0.25, 0.3) is 0 Å². The van der Waals surface area contributed by atoms with Crippen LogP contribution in [0, 0.1) is 0 Å². The van der Waals surface area contributed by atoms with E-state index in [1.807, 2.05) is 0 Å². The van der Waals surface area contributed by atoms with Gasteiger partial charge in [-0.2, -0.15) is 4.98 Å². The number of anilines is 1. The third-order valence-electron chi connectivity index (χ3n) is 2.37. The number of ether oxygens (including phenoxy) is 2. The normalized spacial score (nSPS) is 21.4. The van der Waals surface area contributed by atoms with Crippen LogP contribution in [0.15, 0.2) is 17.0 Å². The average molecular weight is 300 g/mol. The number of rotatable bonds is 5. The van der Waals surface area contributed by atoms with E-state index in [9.17, 15) is 14.7 Å². The van der Waals surface area contributed by atoms with Gasteiger partial charge in [-0.05, 0) is 6.92 Å². The first kappa shape index (κ1) is 14.2. The van der Waals surface area contributed by atoms with Crippen molar-refractivity contribution < 1.29 is 24.2 Å². The van der Waals surface area contributed by atoms with E-state index in [4.69, 9.17) is 15.2 Å². The third-order valence-corrected chi connectivity index (χ3v) is 3.39. The number of aromatic nitrogens is 3. The highest BCUT2D eigenvalue weighted by molar-refractivity contribution is 7.99. The summed E-state index contributed by atoms with van der Waals surface area (Å²) in [6, 6.07) is 0. The quantitative estimate of drug-likeness (QED) is 0.497. The van der Waals surface area contributed by atoms with Gasteiger partial charge in [-0.25, -0.2) is 14.7 Å². The zero-order valence-electron chi connectivity index (χ0n) is 10.5. The Morgan fingerprint density at radius 1 is 1.70 bits per heavy atom. The molecular formula is C10H12N4O5S. The van der Waals surface area contributed by atoms with Crippen molar-refractivity contribution in [2.75, 3.05) is 18.1 Å². The van der Waals surface area contributed by atoms with Gasteiger partial charge in [-0.1, -0.05) is 11.8 Å². The van der Waals surface area contributed by atoms with Gasteiger partial charge in [0.25, 0.3) is 0 Å². The number of aromatic amines is 1. The number of hydrogen-bond acceptors (Lipinski definition) is 9. The number of H-pyrrole nitrogens is 1. The molecule has 10 heteroatoms. The summed E-state index contributed by atoms with van der Waals surface area (Å²) in [7, 11) is 0. The molecule has 108 valence electrons. The van der Waals surface area contributed by atoms with Crippen LogP contribution >= 0.6 is 11.8 Å². The summed E-state index contributed by atoms with van der Waals surface area (Å²) in [5, 5.41) is 15.9. The number of nitrogen functional groups attached to an aromatic ring is 1. The molecule has 0 saturated heterocycles. The predicted octanol–water partition coefficient (Wildman–Crippen LogP) is -0.220. The molecule has 0 aromatic carbocycles. The summed E-state index contributed by atoms with van der Waals surface area (Å²) < 4.78 is 9.79. The lowest BCUT2D eigenvalue weighted by Gasteiger charge is -2.22. The van der Waals surface area contributed by atoms with Crippen molar-refractivity contribution in [2.24, 2.45) is 0 Å². The number of aliphatic hydroxyl groups excluding tert-OH is 1. The highest BCUT2D eigenvalue weighted by Crippen LogP contribution is 2.31. The van der Waals surface area contributed by atoms with E-state index in [1.54, 1.807) is 6.92 Å². The molecule has 1 unspecified atom stereocenters. The number of hydrogen-bond donors (Lipinski definition) is 3. The van der Waals surface area contributed by atoms with Crippen LogP contribution in [-0.4, -0.2) is 50.2 Å². The van der Waals surface area contributed by atoms with Crippen molar-refractivity contribution >= 4 is 29.6 Å². The number of nitrogens with two attached hydrogens (primary N) is 1. The van der Waals surface area contributed by atoms with Crippen molar-refractivity contribution in [3.8, 4) is 0 Å². The minimum atomic E-state index is -1.68. The number of nitrogens with one attached hydrogen (secondary N) is 1. The van der Waals surface area contributed by atoms with Crippen LogP contribution in [0.4, 0.5) is 5.95 Å². The van der Waals surface area contributed by atoms with Crippen molar-refractivity contribution in [2.45, 2.75) is 17.7 Å². The number of aliphatic hydroxyl groups is 1. The molecule has 1 aromatic heterocycles. The molecule has 1 atom stereocenters. The first-order chi connectivity index (χ1) is 9.47. The number of nitrogens with zero attached hydrogens (tertiary/aromatic N) is 2. The fourth-order valence-corrected chi connectivity index (χ4v) is 2.38. The lowest BCUT2D eigenvalue weighted by atomic mass is 10.1. The molecule has 4 N–H and O–H groups in total. The van der Waals surface area contributed by atoms with E-state index < -0.39 is 23.3 Å². The highest BCUT2D eigenvalue weighted by atomic mass is 32.2. The van der Waals surface area contributed by atoms with Gasteiger partial charge >= 0.3 is 11.9 Å².